The van der Waals surface area contributed by atoms with Crippen molar-refractivity contribution in [1.29, 1.82) is 0 Å². The van der Waals surface area contributed by atoms with E-state index in [1.54, 1.807) is 18.2 Å². The molecule has 1 aromatic rings. The van der Waals surface area contributed by atoms with E-state index >= 15 is 0 Å². The van der Waals surface area contributed by atoms with Gasteiger partial charge in [-0.1, -0.05) is 31.5 Å². The van der Waals surface area contributed by atoms with Crippen molar-refractivity contribution < 1.29 is 4.79 Å². The molecule has 0 aliphatic rings. The molecule has 0 saturated carbocycles. The van der Waals surface area contributed by atoms with E-state index in [1.807, 2.05) is 0 Å². The summed E-state index contributed by atoms with van der Waals surface area (Å²) in [6, 6.07) is 5.10. The second-order valence-electron chi connectivity index (χ2n) is 4.40. The smallest absolute Gasteiger partial charge is 0.229 e. The van der Waals surface area contributed by atoms with Crippen molar-refractivity contribution in [3.8, 4) is 0 Å². The number of nitrogens with zero attached hydrogens (tertiary/aromatic N) is 1. The zero-order valence-electron chi connectivity index (χ0n) is 10.1. The number of anilines is 1. The van der Waals surface area contributed by atoms with Crippen LogP contribution < -0.4 is 11.1 Å². The molecule has 1 amide bonds. The van der Waals surface area contributed by atoms with E-state index in [0.717, 1.165) is 6.42 Å². The number of amides is 1. The van der Waals surface area contributed by atoms with Crippen LogP contribution in [0.2, 0.25) is 5.15 Å². The van der Waals surface area contributed by atoms with Gasteiger partial charge in [0.25, 0.3) is 0 Å². The van der Waals surface area contributed by atoms with Crippen molar-refractivity contribution in [1.82, 2.24) is 4.98 Å². The van der Waals surface area contributed by atoms with Gasteiger partial charge >= 0.3 is 0 Å². The highest BCUT2D eigenvalue weighted by atomic mass is 35.5. The molecular formula is C12H18ClN3O. The minimum atomic E-state index is -0.184. The minimum absolute atomic E-state index is 0.101. The summed E-state index contributed by atoms with van der Waals surface area (Å²) in [5.41, 5.74) is 5.60. The van der Waals surface area contributed by atoms with Gasteiger partial charge in [-0.25, -0.2) is 4.98 Å². The third-order valence-electron chi connectivity index (χ3n) is 2.38. The Morgan fingerprint density at radius 1 is 1.53 bits per heavy atom. The van der Waals surface area contributed by atoms with E-state index in [1.165, 1.54) is 0 Å². The molecular weight excluding hydrogens is 238 g/mol. The lowest BCUT2D eigenvalue weighted by atomic mass is 9.96. The summed E-state index contributed by atoms with van der Waals surface area (Å²) < 4.78 is 0. The Morgan fingerprint density at radius 3 is 2.76 bits per heavy atom. The number of hydrogen-bond acceptors (Lipinski definition) is 3. The van der Waals surface area contributed by atoms with Crippen molar-refractivity contribution in [2.75, 3.05) is 11.9 Å². The minimum Gasteiger partial charge on any atom is -0.330 e. The summed E-state index contributed by atoms with van der Waals surface area (Å²) in [5.74, 6) is 0.609. The predicted molar refractivity (Wildman–Crippen MR) is 69.9 cm³/mol. The van der Waals surface area contributed by atoms with Crippen molar-refractivity contribution in [3.63, 3.8) is 0 Å². The number of carbonyl (C=O) groups excluding carboxylic acids is 1. The van der Waals surface area contributed by atoms with Gasteiger partial charge in [0.05, 0.1) is 5.92 Å². The number of halogens is 1. The van der Waals surface area contributed by atoms with Gasteiger partial charge < -0.3 is 11.1 Å². The molecule has 0 saturated heterocycles. The Morgan fingerprint density at radius 2 is 2.24 bits per heavy atom. The van der Waals surface area contributed by atoms with Crippen molar-refractivity contribution in [2.24, 2.45) is 17.6 Å². The Hall–Kier alpha value is -1.13. The molecule has 3 N–H and O–H groups in total. The highest BCUT2D eigenvalue weighted by molar-refractivity contribution is 6.29. The Balaban J connectivity index is 2.64. The first-order valence-corrected chi connectivity index (χ1v) is 6.04. The van der Waals surface area contributed by atoms with Crippen LogP contribution in [-0.2, 0) is 4.79 Å². The molecule has 0 aliphatic carbocycles. The van der Waals surface area contributed by atoms with Gasteiger partial charge in [-0.2, -0.15) is 0 Å². The molecule has 1 atom stereocenters. The maximum absolute atomic E-state index is 11.9. The molecule has 94 valence electrons. The van der Waals surface area contributed by atoms with Crippen LogP contribution in [0.25, 0.3) is 0 Å². The fourth-order valence-electron chi connectivity index (χ4n) is 1.59. The maximum Gasteiger partial charge on any atom is 0.229 e. The lowest BCUT2D eigenvalue weighted by molar-refractivity contribution is -0.120. The van der Waals surface area contributed by atoms with E-state index in [0.29, 0.717) is 23.4 Å². The molecule has 0 bridgehead atoms. The summed E-state index contributed by atoms with van der Waals surface area (Å²) in [7, 11) is 0. The number of aromatic nitrogens is 1. The summed E-state index contributed by atoms with van der Waals surface area (Å²) in [4.78, 5) is 15.9. The topological polar surface area (TPSA) is 68.0 Å². The predicted octanol–water partition coefficient (Wildman–Crippen LogP) is 2.29. The molecule has 0 spiro atoms. The van der Waals surface area contributed by atoms with E-state index in [9.17, 15) is 4.79 Å². The van der Waals surface area contributed by atoms with Gasteiger partial charge in [0.1, 0.15) is 11.0 Å². The first-order valence-electron chi connectivity index (χ1n) is 5.66. The highest BCUT2D eigenvalue weighted by Gasteiger charge is 2.18. The van der Waals surface area contributed by atoms with Gasteiger partial charge in [-0.3, -0.25) is 4.79 Å². The highest BCUT2D eigenvalue weighted by Crippen LogP contribution is 2.14. The van der Waals surface area contributed by atoms with Gasteiger partial charge in [0.15, 0.2) is 0 Å². The average molecular weight is 256 g/mol. The lowest BCUT2D eigenvalue weighted by Crippen LogP contribution is -2.30. The number of pyridine rings is 1. The Kier molecular flexibility index (Phi) is 5.38. The van der Waals surface area contributed by atoms with Crippen LogP contribution in [0.5, 0.6) is 0 Å². The van der Waals surface area contributed by atoms with Crippen LogP contribution in [0.3, 0.4) is 0 Å². The first-order chi connectivity index (χ1) is 8.02. The van der Waals surface area contributed by atoms with Crippen molar-refractivity contribution >= 4 is 23.3 Å². The van der Waals surface area contributed by atoms with E-state index < -0.39 is 0 Å². The summed E-state index contributed by atoms with van der Waals surface area (Å²) >= 11 is 5.74. The largest absolute Gasteiger partial charge is 0.330 e. The Bertz CT molecular complexity index is 382. The molecule has 5 heteroatoms. The van der Waals surface area contributed by atoms with Gasteiger partial charge in [0, 0.05) is 6.54 Å². The molecule has 0 aromatic carbocycles. The molecule has 1 unspecified atom stereocenters. The summed E-state index contributed by atoms with van der Waals surface area (Å²) in [5, 5.41) is 3.08. The van der Waals surface area contributed by atoms with Gasteiger partial charge in [0.2, 0.25) is 5.91 Å². The molecule has 0 aliphatic heterocycles. The molecule has 1 rings (SSSR count). The van der Waals surface area contributed by atoms with Crippen LogP contribution in [-0.4, -0.2) is 17.4 Å². The number of hydrogen-bond donors (Lipinski definition) is 2. The average Bonchev–Trinajstić information content (AvgIpc) is 2.25. The molecule has 0 fully saturated rings. The van der Waals surface area contributed by atoms with Crippen LogP contribution in [0.15, 0.2) is 18.2 Å². The molecule has 4 nitrogen and oxygen atoms in total. The number of nitrogens with one attached hydrogen (secondary N) is 1. The monoisotopic (exact) mass is 255 g/mol. The third-order valence-corrected chi connectivity index (χ3v) is 2.59. The number of rotatable bonds is 5. The van der Waals surface area contributed by atoms with Crippen LogP contribution in [0, 0.1) is 11.8 Å². The second kappa shape index (κ2) is 6.57. The lowest BCUT2D eigenvalue weighted by Gasteiger charge is -2.16. The van der Waals surface area contributed by atoms with Crippen LogP contribution in [0.1, 0.15) is 20.3 Å². The fourth-order valence-corrected chi connectivity index (χ4v) is 1.75. The van der Waals surface area contributed by atoms with E-state index in [4.69, 9.17) is 17.3 Å². The number of nitrogens with two attached hydrogens (primary N) is 1. The van der Waals surface area contributed by atoms with Crippen molar-refractivity contribution in [2.45, 2.75) is 20.3 Å². The SMILES string of the molecule is CC(C)CC(CN)C(=O)Nc1cccc(Cl)n1. The quantitative estimate of drug-likeness (QED) is 0.794. The molecule has 0 radical (unpaired) electrons. The van der Waals surface area contributed by atoms with Crippen LogP contribution in [0.4, 0.5) is 5.82 Å². The summed E-state index contributed by atoms with van der Waals surface area (Å²) in [6.45, 7) is 4.46. The normalized spacial score (nSPS) is 12.5. The van der Waals surface area contributed by atoms with Gasteiger partial charge in [-0.15, -0.1) is 0 Å². The van der Waals surface area contributed by atoms with Gasteiger partial charge in [-0.05, 0) is 24.5 Å². The van der Waals surface area contributed by atoms with Crippen molar-refractivity contribution in [3.05, 3.63) is 23.4 Å². The van der Waals surface area contributed by atoms with Crippen LogP contribution >= 0.6 is 11.6 Å². The van der Waals surface area contributed by atoms with E-state index in [-0.39, 0.29) is 11.8 Å². The third kappa shape index (κ3) is 4.71. The molecule has 1 heterocycles. The fraction of sp³-hybridized carbons (Fsp3) is 0.500. The zero-order valence-corrected chi connectivity index (χ0v) is 10.9. The second-order valence-corrected chi connectivity index (χ2v) is 4.78. The molecule has 1 aromatic heterocycles. The Labute approximate surface area is 107 Å². The standard InChI is InChI=1S/C12H18ClN3O/c1-8(2)6-9(7-14)12(17)16-11-5-3-4-10(13)15-11/h3-5,8-9H,6-7,14H2,1-2H3,(H,15,16,17). The number of carbonyl (C=O) groups is 1. The maximum atomic E-state index is 11.9. The zero-order chi connectivity index (χ0) is 12.8. The molecule has 17 heavy (non-hydrogen) atoms. The summed E-state index contributed by atoms with van der Waals surface area (Å²) in [6.07, 6.45) is 0.767. The first kappa shape index (κ1) is 13.9. The van der Waals surface area contributed by atoms with E-state index in [2.05, 4.69) is 24.1 Å².